The molecule has 1 aromatic heterocycles. The van der Waals surface area contributed by atoms with Crippen molar-refractivity contribution in [2.45, 2.75) is 12.8 Å². The van der Waals surface area contributed by atoms with Crippen LogP contribution in [0.25, 0.3) is 11.0 Å². The van der Waals surface area contributed by atoms with Gasteiger partial charge in [0.15, 0.2) is 11.6 Å². The number of amides is 1. The summed E-state index contributed by atoms with van der Waals surface area (Å²) in [6.07, 6.45) is 0. The van der Waals surface area contributed by atoms with Gasteiger partial charge in [0.05, 0.1) is 48.8 Å². The number of nitrogens with zero attached hydrogens (tertiary/aromatic N) is 3. The Kier molecular flexibility index (Phi) is 10.2. The molecule has 12 heteroatoms. The predicted octanol–water partition coefficient (Wildman–Crippen LogP) is 5.65. The van der Waals surface area contributed by atoms with Crippen molar-refractivity contribution >= 4 is 56.9 Å². The monoisotopic (exact) mass is 625 g/mol. The van der Waals surface area contributed by atoms with Gasteiger partial charge in [-0.15, -0.1) is 0 Å². The minimum Gasteiger partial charge on any atom is -0.755 e. The van der Waals surface area contributed by atoms with E-state index < -0.39 is 11.3 Å². The molecule has 232 valence electrons. The highest BCUT2D eigenvalue weighted by molar-refractivity contribution is 7.81. The van der Waals surface area contributed by atoms with E-state index in [1.54, 1.807) is 60.7 Å². The van der Waals surface area contributed by atoms with Crippen molar-refractivity contribution in [1.82, 2.24) is 15.3 Å². The van der Waals surface area contributed by atoms with Crippen LogP contribution in [-0.2, 0) is 16.1 Å². The van der Waals surface area contributed by atoms with Crippen molar-refractivity contribution < 1.29 is 23.0 Å². The van der Waals surface area contributed by atoms with E-state index in [0.29, 0.717) is 40.5 Å². The second-order valence-electron chi connectivity index (χ2n) is 10.2. The van der Waals surface area contributed by atoms with E-state index in [2.05, 4.69) is 40.0 Å². The zero-order chi connectivity index (χ0) is 31.8. The molecule has 4 aromatic carbocycles. The van der Waals surface area contributed by atoms with Gasteiger partial charge in [-0.3, -0.25) is 13.3 Å². The largest absolute Gasteiger partial charge is 0.755 e. The number of ether oxygens (including phenoxy) is 2. The first-order chi connectivity index (χ1) is 21.8. The molecule has 0 saturated carbocycles. The van der Waals surface area contributed by atoms with Crippen LogP contribution in [0.15, 0.2) is 97.1 Å². The van der Waals surface area contributed by atoms with Crippen molar-refractivity contribution in [3.05, 3.63) is 103 Å². The lowest BCUT2D eigenvalue weighted by molar-refractivity contribution is -0.115. The van der Waals surface area contributed by atoms with Crippen LogP contribution < -0.4 is 29.7 Å². The fourth-order valence-electron chi connectivity index (χ4n) is 4.73. The van der Waals surface area contributed by atoms with Gasteiger partial charge in [-0.2, -0.15) is 0 Å². The fraction of sp³-hybridized carbons (Fsp3) is 0.182. The van der Waals surface area contributed by atoms with Crippen molar-refractivity contribution in [1.29, 1.82) is 0 Å². The number of hydrogen-bond acceptors (Lipinski definition) is 9. The van der Waals surface area contributed by atoms with Crippen molar-refractivity contribution in [3.8, 4) is 11.5 Å². The minimum absolute atomic E-state index is 0.0314. The minimum atomic E-state index is -2.81. The van der Waals surface area contributed by atoms with Crippen LogP contribution in [0.3, 0.4) is 0 Å². The molecular weight excluding hydrogens is 592 g/mol. The third-order valence-corrected chi connectivity index (χ3v) is 7.66. The quantitative estimate of drug-likeness (QED) is 0.142. The molecule has 3 N–H and O–H groups in total. The van der Waals surface area contributed by atoms with Crippen LogP contribution in [0.4, 0.5) is 28.7 Å². The smallest absolute Gasteiger partial charge is 0.238 e. The van der Waals surface area contributed by atoms with E-state index >= 15 is 0 Å². The molecule has 0 aliphatic heterocycles. The molecule has 1 amide bonds. The van der Waals surface area contributed by atoms with Gasteiger partial charge in [0.2, 0.25) is 5.91 Å². The molecule has 0 aliphatic carbocycles. The van der Waals surface area contributed by atoms with Crippen LogP contribution in [-0.4, -0.2) is 51.9 Å². The first-order valence-corrected chi connectivity index (χ1v) is 15.2. The van der Waals surface area contributed by atoms with Crippen LogP contribution in [0.1, 0.15) is 18.4 Å². The van der Waals surface area contributed by atoms with Gasteiger partial charge in [0.1, 0.15) is 11.5 Å². The number of nitrogens with one attached hydrogen (secondary N) is 3. The number of benzene rings is 4. The summed E-state index contributed by atoms with van der Waals surface area (Å²) in [6.45, 7) is 2.80. The molecule has 11 nitrogen and oxygen atoms in total. The Labute approximate surface area is 264 Å². The van der Waals surface area contributed by atoms with Crippen LogP contribution in [0.5, 0.6) is 11.5 Å². The van der Waals surface area contributed by atoms with E-state index in [-0.39, 0.29) is 35.7 Å². The zero-order valence-corrected chi connectivity index (χ0v) is 25.8. The highest BCUT2D eigenvalue weighted by atomic mass is 32.2. The molecule has 5 rings (SSSR count). The van der Waals surface area contributed by atoms with Crippen molar-refractivity contribution in [3.63, 3.8) is 0 Å². The maximum absolute atomic E-state index is 12.8. The molecule has 45 heavy (non-hydrogen) atoms. The number of rotatable bonds is 13. The molecule has 1 heterocycles. The SMILES string of the molecule is COc1cc(Nc2nc3ccccc3nc2N(c2cccc(NC(=O)CNCC(C)c3ccccc3)c2)S(=O)[O-])cc(OC)c1. The first kappa shape index (κ1) is 31.4. The van der Waals surface area contributed by atoms with Gasteiger partial charge in [-0.25, -0.2) is 9.97 Å². The van der Waals surface area contributed by atoms with Gasteiger partial charge < -0.3 is 30.0 Å². The fourth-order valence-corrected chi connectivity index (χ4v) is 5.28. The van der Waals surface area contributed by atoms with E-state index in [4.69, 9.17) is 14.5 Å². The Morgan fingerprint density at radius 2 is 1.53 bits per heavy atom. The Morgan fingerprint density at radius 3 is 2.20 bits per heavy atom. The highest BCUT2D eigenvalue weighted by Crippen LogP contribution is 2.36. The number of carbonyl (C=O) groups excluding carboxylic acids is 1. The lowest BCUT2D eigenvalue weighted by atomic mass is 10.0. The predicted molar refractivity (Wildman–Crippen MR) is 176 cm³/mol. The van der Waals surface area contributed by atoms with Gasteiger partial charge in [-0.1, -0.05) is 55.5 Å². The summed E-state index contributed by atoms with van der Waals surface area (Å²) in [4.78, 5) is 22.1. The summed E-state index contributed by atoms with van der Waals surface area (Å²) in [5, 5.41) is 9.21. The maximum atomic E-state index is 12.8. The Hall–Kier alpha value is -5.04. The second kappa shape index (κ2) is 14.6. The third kappa shape index (κ3) is 7.92. The van der Waals surface area contributed by atoms with Crippen LogP contribution in [0.2, 0.25) is 0 Å². The lowest BCUT2D eigenvalue weighted by Crippen LogP contribution is -2.30. The number of hydrogen-bond donors (Lipinski definition) is 3. The normalized spacial score (nSPS) is 12.3. The Balaban J connectivity index is 1.40. The topological polar surface area (TPSA) is 141 Å². The van der Waals surface area contributed by atoms with Gasteiger partial charge >= 0.3 is 0 Å². The van der Waals surface area contributed by atoms with E-state index in [1.807, 2.05) is 24.3 Å². The molecular formula is C33H33N6O5S-. The van der Waals surface area contributed by atoms with Gasteiger partial charge in [0.25, 0.3) is 0 Å². The Bertz CT molecular complexity index is 1780. The van der Waals surface area contributed by atoms with Crippen molar-refractivity contribution in [2.75, 3.05) is 42.2 Å². The highest BCUT2D eigenvalue weighted by Gasteiger charge is 2.21. The third-order valence-electron chi connectivity index (χ3n) is 6.98. The molecule has 0 radical (unpaired) electrons. The number of aromatic nitrogens is 2. The molecule has 2 atom stereocenters. The summed E-state index contributed by atoms with van der Waals surface area (Å²) in [5.74, 6) is 1.24. The summed E-state index contributed by atoms with van der Waals surface area (Å²) in [7, 11) is 3.07. The second-order valence-corrected chi connectivity index (χ2v) is 11.0. The average molecular weight is 626 g/mol. The number of carbonyl (C=O) groups is 1. The summed E-state index contributed by atoms with van der Waals surface area (Å²) >= 11 is -2.81. The number of para-hydroxylation sites is 2. The van der Waals surface area contributed by atoms with E-state index in [9.17, 15) is 13.6 Å². The maximum Gasteiger partial charge on any atom is 0.238 e. The van der Waals surface area contributed by atoms with E-state index in [1.165, 1.54) is 19.8 Å². The van der Waals surface area contributed by atoms with Crippen LogP contribution in [0, 0.1) is 0 Å². The number of fused-ring (bicyclic) bond motifs is 1. The molecule has 0 saturated heterocycles. The molecule has 0 aliphatic rings. The van der Waals surface area contributed by atoms with Crippen molar-refractivity contribution in [2.24, 2.45) is 0 Å². The number of methoxy groups -OCH3 is 2. The average Bonchev–Trinajstić information content (AvgIpc) is 3.05. The summed E-state index contributed by atoms with van der Waals surface area (Å²) < 4.78 is 37.4. The first-order valence-electron chi connectivity index (χ1n) is 14.2. The standard InChI is InChI=1S/C33H34N6O5S/c1-22(23-10-5-4-6-11-23)20-34-21-31(40)35-24-12-9-13-26(16-24)39(45(41)42)33-32(37-29-14-7-8-15-30(29)38-33)36-25-17-27(43-2)19-28(18-25)44-3/h4-19,22,34H,20-21H2,1-3H3,(H,35,40)(H,36,37)(H,41,42)/p-1. The summed E-state index contributed by atoms with van der Waals surface area (Å²) in [5.41, 5.74) is 3.46. The van der Waals surface area contributed by atoms with Gasteiger partial charge in [0, 0.05) is 36.1 Å². The molecule has 0 fully saturated rings. The van der Waals surface area contributed by atoms with Crippen LogP contribution >= 0.6 is 0 Å². The summed E-state index contributed by atoms with van der Waals surface area (Å²) in [6, 6.07) is 28.9. The molecule has 0 bridgehead atoms. The van der Waals surface area contributed by atoms with E-state index in [0.717, 1.165) is 4.31 Å². The lowest BCUT2D eigenvalue weighted by Gasteiger charge is -2.27. The molecule has 0 spiro atoms. The van der Waals surface area contributed by atoms with Gasteiger partial charge in [-0.05, 0) is 41.8 Å². The molecule has 5 aromatic rings. The Morgan fingerprint density at radius 1 is 0.867 bits per heavy atom. The molecule has 2 unspecified atom stereocenters. The zero-order valence-electron chi connectivity index (χ0n) is 25.0. The number of anilines is 5.